The number of hydrogen-bond donors (Lipinski definition) is 1. The molecule has 2 heteroatoms. The first-order chi connectivity index (χ1) is 9.24. The van der Waals surface area contributed by atoms with Crippen LogP contribution in [0.25, 0.3) is 0 Å². The molecule has 0 aliphatic carbocycles. The van der Waals surface area contributed by atoms with Gasteiger partial charge >= 0.3 is 0 Å². The standard InChI is InChI=1S/C17H27ClO/c1-2-3-4-5-6-7-8-12-16(19)14-15-11-9-10-13-17(15)18/h9-11,13,16,19H,2-8,12,14H2,1H3. The fourth-order valence-corrected chi connectivity index (χ4v) is 2.57. The molecule has 0 spiro atoms. The van der Waals surface area contributed by atoms with Crippen LogP contribution in [0.1, 0.15) is 63.9 Å². The average Bonchev–Trinajstić information content (AvgIpc) is 2.40. The van der Waals surface area contributed by atoms with E-state index in [1.54, 1.807) is 0 Å². The quantitative estimate of drug-likeness (QED) is 0.571. The molecule has 1 nitrogen and oxygen atoms in total. The van der Waals surface area contributed by atoms with Gasteiger partial charge in [0.1, 0.15) is 0 Å². The Bertz CT molecular complexity index is 338. The smallest absolute Gasteiger partial charge is 0.0581 e. The molecule has 1 aromatic rings. The molecule has 0 fully saturated rings. The topological polar surface area (TPSA) is 20.2 Å². The van der Waals surface area contributed by atoms with Gasteiger partial charge in [-0.05, 0) is 24.5 Å². The van der Waals surface area contributed by atoms with E-state index in [0.717, 1.165) is 23.4 Å². The Kier molecular flexibility index (Phi) is 8.94. The van der Waals surface area contributed by atoms with E-state index in [1.807, 2.05) is 24.3 Å². The second-order valence-corrected chi connectivity index (χ2v) is 5.77. The summed E-state index contributed by atoms with van der Waals surface area (Å²) in [6.45, 7) is 2.24. The molecule has 1 N–H and O–H groups in total. The highest BCUT2D eigenvalue weighted by Crippen LogP contribution is 2.18. The van der Waals surface area contributed by atoms with Crippen molar-refractivity contribution in [2.24, 2.45) is 0 Å². The number of hydrogen-bond acceptors (Lipinski definition) is 1. The first-order valence-corrected chi connectivity index (χ1v) is 8.03. The molecule has 0 amide bonds. The molecule has 0 aliphatic rings. The van der Waals surface area contributed by atoms with Crippen molar-refractivity contribution in [1.29, 1.82) is 0 Å². The van der Waals surface area contributed by atoms with Crippen molar-refractivity contribution in [3.8, 4) is 0 Å². The van der Waals surface area contributed by atoms with Gasteiger partial charge in [-0.25, -0.2) is 0 Å². The zero-order chi connectivity index (χ0) is 13.9. The van der Waals surface area contributed by atoms with Crippen molar-refractivity contribution in [3.05, 3.63) is 34.9 Å². The van der Waals surface area contributed by atoms with Gasteiger partial charge in [0.2, 0.25) is 0 Å². The van der Waals surface area contributed by atoms with Crippen molar-refractivity contribution in [3.63, 3.8) is 0 Å². The van der Waals surface area contributed by atoms with Gasteiger partial charge in [-0.15, -0.1) is 0 Å². The minimum absolute atomic E-state index is 0.254. The second-order valence-electron chi connectivity index (χ2n) is 5.36. The van der Waals surface area contributed by atoms with Gasteiger partial charge in [0.15, 0.2) is 0 Å². The fourth-order valence-electron chi connectivity index (χ4n) is 2.36. The Labute approximate surface area is 123 Å². The van der Waals surface area contributed by atoms with Crippen LogP contribution in [0.3, 0.4) is 0 Å². The third-order valence-corrected chi connectivity index (χ3v) is 3.92. The van der Waals surface area contributed by atoms with Crippen LogP contribution < -0.4 is 0 Å². The molecule has 0 bridgehead atoms. The van der Waals surface area contributed by atoms with Crippen LogP contribution >= 0.6 is 11.6 Å². The fraction of sp³-hybridized carbons (Fsp3) is 0.647. The lowest BCUT2D eigenvalue weighted by Gasteiger charge is -2.11. The molecule has 0 saturated heterocycles. The van der Waals surface area contributed by atoms with Crippen molar-refractivity contribution >= 4 is 11.6 Å². The maximum absolute atomic E-state index is 10.0. The third kappa shape index (κ3) is 7.59. The summed E-state index contributed by atoms with van der Waals surface area (Å²) in [7, 11) is 0. The minimum atomic E-state index is -0.254. The Hall–Kier alpha value is -0.530. The van der Waals surface area contributed by atoms with E-state index in [1.165, 1.54) is 38.5 Å². The van der Waals surface area contributed by atoms with Crippen molar-refractivity contribution < 1.29 is 5.11 Å². The van der Waals surface area contributed by atoms with E-state index in [0.29, 0.717) is 6.42 Å². The van der Waals surface area contributed by atoms with Gasteiger partial charge in [-0.3, -0.25) is 0 Å². The minimum Gasteiger partial charge on any atom is -0.393 e. The number of aliphatic hydroxyl groups excluding tert-OH is 1. The lowest BCUT2D eigenvalue weighted by molar-refractivity contribution is 0.161. The van der Waals surface area contributed by atoms with Crippen LogP contribution in [-0.2, 0) is 6.42 Å². The van der Waals surface area contributed by atoms with Crippen LogP contribution in [0.4, 0.5) is 0 Å². The maximum Gasteiger partial charge on any atom is 0.0581 e. The molecule has 1 atom stereocenters. The zero-order valence-corrected chi connectivity index (χ0v) is 12.8. The van der Waals surface area contributed by atoms with Crippen LogP contribution in [0.5, 0.6) is 0 Å². The van der Waals surface area contributed by atoms with Crippen molar-refractivity contribution in [2.75, 3.05) is 0 Å². The predicted molar refractivity (Wildman–Crippen MR) is 83.8 cm³/mol. The molecule has 0 radical (unpaired) electrons. The van der Waals surface area contributed by atoms with E-state index >= 15 is 0 Å². The van der Waals surface area contributed by atoms with Crippen LogP contribution in [0.2, 0.25) is 5.02 Å². The van der Waals surface area contributed by atoms with Crippen molar-refractivity contribution in [1.82, 2.24) is 0 Å². The highest BCUT2D eigenvalue weighted by molar-refractivity contribution is 6.31. The third-order valence-electron chi connectivity index (χ3n) is 3.55. The maximum atomic E-state index is 10.0. The molecule has 0 heterocycles. The summed E-state index contributed by atoms with van der Waals surface area (Å²) in [5.74, 6) is 0. The van der Waals surface area contributed by atoms with Gasteiger partial charge in [-0.1, -0.05) is 81.7 Å². The molecule has 0 aromatic heterocycles. The van der Waals surface area contributed by atoms with E-state index in [4.69, 9.17) is 11.6 Å². The molecular weight excluding hydrogens is 256 g/mol. The zero-order valence-electron chi connectivity index (χ0n) is 12.1. The van der Waals surface area contributed by atoms with Crippen LogP contribution in [-0.4, -0.2) is 11.2 Å². The van der Waals surface area contributed by atoms with E-state index < -0.39 is 0 Å². The number of rotatable bonds is 10. The summed E-state index contributed by atoms with van der Waals surface area (Å²) < 4.78 is 0. The molecule has 0 aliphatic heterocycles. The van der Waals surface area contributed by atoms with E-state index in [-0.39, 0.29) is 6.10 Å². The van der Waals surface area contributed by atoms with Gasteiger partial charge in [0, 0.05) is 5.02 Å². The molecule has 0 saturated carbocycles. The van der Waals surface area contributed by atoms with E-state index in [9.17, 15) is 5.11 Å². The summed E-state index contributed by atoms with van der Waals surface area (Å²) in [4.78, 5) is 0. The molecular formula is C17H27ClO. The van der Waals surface area contributed by atoms with Crippen molar-refractivity contribution in [2.45, 2.75) is 70.8 Å². The summed E-state index contributed by atoms with van der Waals surface area (Å²) in [6, 6.07) is 7.78. The lowest BCUT2D eigenvalue weighted by atomic mass is 10.0. The Morgan fingerprint density at radius 1 is 1.00 bits per heavy atom. The first-order valence-electron chi connectivity index (χ1n) is 7.65. The second kappa shape index (κ2) is 10.3. The predicted octanol–water partition coefficient (Wildman–Crippen LogP) is 5.38. The Morgan fingerprint density at radius 3 is 2.32 bits per heavy atom. The monoisotopic (exact) mass is 282 g/mol. The van der Waals surface area contributed by atoms with Gasteiger partial charge in [0.25, 0.3) is 0 Å². The summed E-state index contributed by atoms with van der Waals surface area (Å²) in [5.41, 5.74) is 1.06. The average molecular weight is 283 g/mol. The highest BCUT2D eigenvalue weighted by atomic mass is 35.5. The number of aliphatic hydroxyl groups is 1. The summed E-state index contributed by atoms with van der Waals surface area (Å²) >= 11 is 6.09. The first kappa shape index (κ1) is 16.5. The van der Waals surface area contributed by atoms with Gasteiger partial charge in [-0.2, -0.15) is 0 Å². The SMILES string of the molecule is CCCCCCCCCC(O)Cc1ccccc1Cl. The van der Waals surface area contributed by atoms with Crippen LogP contribution in [0, 0.1) is 0 Å². The molecule has 1 rings (SSSR count). The van der Waals surface area contributed by atoms with Gasteiger partial charge in [0.05, 0.1) is 6.10 Å². The Morgan fingerprint density at radius 2 is 1.63 bits per heavy atom. The van der Waals surface area contributed by atoms with Gasteiger partial charge < -0.3 is 5.11 Å². The van der Waals surface area contributed by atoms with E-state index in [2.05, 4.69) is 6.92 Å². The number of halogens is 1. The highest BCUT2D eigenvalue weighted by Gasteiger charge is 2.07. The van der Waals surface area contributed by atoms with Crippen LogP contribution in [0.15, 0.2) is 24.3 Å². The molecule has 1 unspecified atom stereocenters. The molecule has 108 valence electrons. The molecule has 19 heavy (non-hydrogen) atoms. The number of unbranched alkanes of at least 4 members (excludes halogenated alkanes) is 6. The molecule has 1 aromatic carbocycles. The number of benzene rings is 1. The lowest BCUT2D eigenvalue weighted by Crippen LogP contribution is -2.10. The normalized spacial score (nSPS) is 12.6. The largest absolute Gasteiger partial charge is 0.393 e. The Balaban J connectivity index is 2.08. The summed E-state index contributed by atoms with van der Waals surface area (Å²) in [5, 5.41) is 10.8. The summed E-state index contributed by atoms with van der Waals surface area (Å²) in [6.07, 6.45) is 10.3.